The standard InChI is InChI=1S/C15H23N3/c1-3-11-18-14-9-5-4-8-13(14)17-15(18)10-6-7-12(2)16/h4-5,8-9,12H,3,6-7,10-11,16H2,1-2H3. The van der Waals surface area contributed by atoms with Gasteiger partial charge in [-0.15, -0.1) is 0 Å². The molecule has 0 aliphatic heterocycles. The Morgan fingerprint density at radius 1 is 1.33 bits per heavy atom. The smallest absolute Gasteiger partial charge is 0.109 e. The number of hydrogen-bond acceptors (Lipinski definition) is 2. The van der Waals surface area contributed by atoms with Gasteiger partial charge in [0.15, 0.2) is 0 Å². The van der Waals surface area contributed by atoms with Crippen LogP contribution in [0.25, 0.3) is 11.0 Å². The van der Waals surface area contributed by atoms with Crippen molar-refractivity contribution < 1.29 is 0 Å². The SMILES string of the molecule is CCCn1c(CCCC(C)N)nc2ccccc21. The lowest BCUT2D eigenvalue weighted by Gasteiger charge is -2.08. The monoisotopic (exact) mass is 245 g/mol. The van der Waals surface area contributed by atoms with Crippen LogP contribution in [-0.2, 0) is 13.0 Å². The molecule has 3 heteroatoms. The molecule has 2 aromatic rings. The molecule has 1 heterocycles. The maximum absolute atomic E-state index is 5.80. The number of imidazole rings is 1. The van der Waals surface area contributed by atoms with Gasteiger partial charge in [-0.3, -0.25) is 0 Å². The van der Waals surface area contributed by atoms with Gasteiger partial charge in [-0.1, -0.05) is 19.1 Å². The Balaban J connectivity index is 2.22. The fourth-order valence-electron chi connectivity index (χ4n) is 2.37. The first kappa shape index (κ1) is 13.1. The summed E-state index contributed by atoms with van der Waals surface area (Å²) in [7, 11) is 0. The van der Waals surface area contributed by atoms with Gasteiger partial charge >= 0.3 is 0 Å². The van der Waals surface area contributed by atoms with Crippen LogP contribution in [0.1, 0.15) is 38.9 Å². The van der Waals surface area contributed by atoms with E-state index in [4.69, 9.17) is 10.7 Å². The van der Waals surface area contributed by atoms with Gasteiger partial charge < -0.3 is 10.3 Å². The third kappa shape index (κ3) is 2.91. The minimum atomic E-state index is 0.286. The zero-order valence-corrected chi connectivity index (χ0v) is 11.4. The molecule has 0 aliphatic rings. The van der Waals surface area contributed by atoms with E-state index in [9.17, 15) is 0 Å². The van der Waals surface area contributed by atoms with Crippen LogP contribution in [0.2, 0.25) is 0 Å². The van der Waals surface area contributed by atoms with Crippen molar-refractivity contribution in [3.05, 3.63) is 30.1 Å². The van der Waals surface area contributed by atoms with Gasteiger partial charge in [0.1, 0.15) is 5.82 Å². The van der Waals surface area contributed by atoms with E-state index >= 15 is 0 Å². The first-order valence-electron chi connectivity index (χ1n) is 6.92. The number of nitrogens with zero attached hydrogens (tertiary/aromatic N) is 2. The second kappa shape index (κ2) is 6.01. The molecule has 98 valence electrons. The molecule has 0 saturated carbocycles. The first-order chi connectivity index (χ1) is 8.72. The minimum absolute atomic E-state index is 0.286. The fourth-order valence-corrected chi connectivity index (χ4v) is 2.37. The summed E-state index contributed by atoms with van der Waals surface area (Å²) in [6, 6.07) is 8.68. The van der Waals surface area contributed by atoms with Crippen LogP contribution in [0, 0.1) is 0 Å². The summed E-state index contributed by atoms with van der Waals surface area (Å²) in [6.45, 7) is 5.32. The summed E-state index contributed by atoms with van der Waals surface area (Å²) in [4.78, 5) is 4.75. The number of hydrogen-bond donors (Lipinski definition) is 1. The Morgan fingerprint density at radius 2 is 2.11 bits per heavy atom. The molecule has 0 saturated heterocycles. The average molecular weight is 245 g/mol. The summed E-state index contributed by atoms with van der Waals surface area (Å²) in [6.07, 6.45) is 4.34. The number of rotatable bonds is 6. The first-order valence-corrected chi connectivity index (χ1v) is 6.92. The summed E-state index contributed by atoms with van der Waals surface area (Å²) < 4.78 is 2.36. The van der Waals surface area contributed by atoms with Gasteiger partial charge in [0.2, 0.25) is 0 Å². The predicted molar refractivity (Wildman–Crippen MR) is 76.6 cm³/mol. The number of nitrogens with two attached hydrogens (primary N) is 1. The van der Waals surface area contributed by atoms with Gasteiger partial charge in [-0.05, 0) is 38.3 Å². The normalized spacial score (nSPS) is 13.1. The lowest BCUT2D eigenvalue weighted by molar-refractivity contribution is 0.587. The second-order valence-electron chi connectivity index (χ2n) is 5.04. The van der Waals surface area contributed by atoms with E-state index in [1.54, 1.807) is 0 Å². The molecule has 2 rings (SSSR count). The molecule has 0 bridgehead atoms. The molecular formula is C15H23N3. The quantitative estimate of drug-likeness (QED) is 0.849. The fraction of sp³-hybridized carbons (Fsp3) is 0.533. The molecule has 18 heavy (non-hydrogen) atoms. The van der Waals surface area contributed by atoms with Crippen molar-refractivity contribution in [2.45, 2.75) is 52.1 Å². The zero-order valence-electron chi connectivity index (χ0n) is 11.4. The van der Waals surface area contributed by atoms with Crippen molar-refractivity contribution in [1.82, 2.24) is 9.55 Å². The van der Waals surface area contributed by atoms with Gasteiger partial charge in [0.05, 0.1) is 11.0 Å². The van der Waals surface area contributed by atoms with E-state index in [1.165, 1.54) is 11.3 Å². The van der Waals surface area contributed by atoms with Crippen LogP contribution in [-0.4, -0.2) is 15.6 Å². The molecule has 0 spiro atoms. The molecule has 3 nitrogen and oxygen atoms in total. The van der Waals surface area contributed by atoms with E-state index < -0.39 is 0 Å². The molecule has 1 aromatic carbocycles. The number of aromatic nitrogens is 2. The van der Waals surface area contributed by atoms with E-state index in [-0.39, 0.29) is 6.04 Å². The zero-order chi connectivity index (χ0) is 13.0. The van der Waals surface area contributed by atoms with E-state index in [1.807, 2.05) is 0 Å². The number of benzene rings is 1. The topological polar surface area (TPSA) is 43.8 Å². The molecule has 2 N–H and O–H groups in total. The van der Waals surface area contributed by atoms with Crippen LogP contribution in [0.15, 0.2) is 24.3 Å². The van der Waals surface area contributed by atoms with E-state index in [0.717, 1.165) is 37.7 Å². The minimum Gasteiger partial charge on any atom is -0.328 e. The van der Waals surface area contributed by atoms with Gasteiger partial charge in [0.25, 0.3) is 0 Å². The highest BCUT2D eigenvalue weighted by Crippen LogP contribution is 2.18. The van der Waals surface area contributed by atoms with Crippen LogP contribution in [0.5, 0.6) is 0 Å². The van der Waals surface area contributed by atoms with Crippen molar-refractivity contribution in [2.24, 2.45) is 5.73 Å². The Morgan fingerprint density at radius 3 is 2.83 bits per heavy atom. The molecular weight excluding hydrogens is 222 g/mol. The van der Waals surface area contributed by atoms with E-state index in [2.05, 4.69) is 42.7 Å². The van der Waals surface area contributed by atoms with Gasteiger partial charge in [-0.2, -0.15) is 0 Å². The second-order valence-corrected chi connectivity index (χ2v) is 5.04. The van der Waals surface area contributed by atoms with Crippen molar-refractivity contribution in [3.8, 4) is 0 Å². The number of para-hydroxylation sites is 2. The van der Waals surface area contributed by atoms with Crippen LogP contribution >= 0.6 is 0 Å². The summed E-state index contributed by atoms with van der Waals surface area (Å²) >= 11 is 0. The maximum Gasteiger partial charge on any atom is 0.109 e. The molecule has 1 unspecified atom stereocenters. The highest BCUT2D eigenvalue weighted by molar-refractivity contribution is 5.75. The maximum atomic E-state index is 5.80. The predicted octanol–water partition coefficient (Wildman–Crippen LogP) is 3.12. The average Bonchev–Trinajstić information content (AvgIpc) is 2.68. The molecule has 0 fully saturated rings. The Labute approximate surface area is 109 Å². The highest BCUT2D eigenvalue weighted by atomic mass is 15.1. The lowest BCUT2D eigenvalue weighted by Crippen LogP contribution is -2.15. The molecule has 1 atom stereocenters. The highest BCUT2D eigenvalue weighted by Gasteiger charge is 2.09. The largest absolute Gasteiger partial charge is 0.328 e. The van der Waals surface area contributed by atoms with E-state index in [0.29, 0.717) is 0 Å². The van der Waals surface area contributed by atoms with Gasteiger partial charge in [0, 0.05) is 19.0 Å². The summed E-state index contributed by atoms with van der Waals surface area (Å²) in [5, 5.41) is 0. The third-order valence-corrected chi connectivity index (χ3v) is 3.24. The summed E-state index contributed by atoms with van der Waals surface area (Å²) in [5.41, 5.74) is 8.17. The Kier molecular flexibility index (Phi) is 4.37. The molecule has 0 radical (unpaired) electrons. The van der Waals surface area contributed by atoms with Crippen molar-refractivity contribution in [3.63, 3.8) is 0 Å². The molecule has 1 aromatic heterocycles. The Bertz CT molecular complexity index is 499. The Hall–Kier alpha value is -1.35. The van der Waals surface area contributed by atoms with Crippen LogP contribution in [0.4, 0.5) is 0 Å². The number of fused-ring (bicyclic) bond motifs is 1. The van der Waals surface area contributed by atoms with Crippen molar-refractivity contribution in [1.29, 1.82) is 0 Å². The number of aryl methyl sites for hydroxylation is 2. The summed E-state index contributed by atoms with van der Waals surface area (Å²) in [5.74, 6) is 1.21. The van der Waals surface area contributed by atoms with Crippen molar-refractivity contribution >= 4 is 11.0 Å². The molecule has 0 aliphatic carbocycles. The van der Waals surface area contributed by atoms with Crippen LogP contribution in [0.3, 0.4) is 0 Å². The van der Waals surface area contributed by atoms with Crippen molar-refractivity contribution in [2.75, 3.05) is 0 Å². The third-order valence-electron chi connectivity index (χ3n) is 3.24. The molecule has 0 amide bonds. The van der Waals surface area contributed by atoms with Crippen LogP contribution < -0.4 is 5.73 Å². The van der Waals surface area contributed by atoms with Gasteiger partial charge in [-0.25, -0.2) is 4.98 Å². The lowest BCUT2D eigenvalue weighted by atomic mass is 10.1.